The van der Waals surface area contributed by atoms with Crippen LogP contribution in [0.2, 0.25) is 0 Å². The van der Waals surface area contributed by atoms with Gasteiger partial charge in [0.1, 0.15) is 13.2 Å². The van der Waals surface area contributed by atoms with Gasteiger partial charge in [-0.15, -0.1) is 11.6 Å². The van der Waals surface area contributed by atoms with Crippen molar-refractivity contribution in [3.63, 3.8) is 0 Å². The summed E-state index contributed by atoms with van der Waals surface area (Å²) in [7, 11) is 0. The second kappa shape index (κ2) is 7.61. The van der Waals surface area contributed by atoms with Crippen molar-refractivity contribution >= 4 is 23.5 Å². The summed E-state index contributed by atoms with van der Waals surface area (Å²) in [6.45, 7) is 3.30. The lowest BCUT2D eigenvalue weighted by atomic mass is 10.5. The highest BCUT2D eigenvalue weighted by Crippen LogP contribution is 1.89. The van der Waals surface area contributed by atoms with Gasteiger partial charge >= 0.3 is 11.9 Å². The zero-order valence-corrected chi connectivity index (χ0v) is 7.88. The Labute approximate surface area is 81.5 Å². The van der Waals surface area contributed by atoms with Gasteiger partial charge < -0.3 is 9.47 Å². The van der Waals surface area contributed by atoms with Crippen LogP contribution in [-0.2, 0) is 19.1 Å². The Kier molecular flexibility index (Phi) is 7.01. The van der Waals surface area contributed by atoms with Crippen LogP contribution >= 0.6 is 11.6 Å². The third-order valence-corrected chi connectivity index (χ3v) is 1.24. The van der Waals surface area contributed by atoms with Crippen LogP contribution in [0.5, 0.6) is 0 Å². The summed E-state index contributed by atoms with van der Waals surface area (Å²) in [5.74, 6) is -0.705. The highest BCUT2D eigenvalue weighted by molar-refractivity contribution is 6.18. The first-order valence-corrected chi connectivity index (χ1v) is 4.25. The smallest absolute Gasteiger partial charge is 0.330 e. The third-order valence-electron chi connectivity index (χ3n) is 1.06. The van der Waals surface area contributed by atoms with E-state index < -0.39 is 11.9 Å². The normalized spacial score (nSPS) is 9.00. The summed E-state index contributed by atoms with van der Waals surface area (Å²) < 4.78 is 9.19. The first-order chi connectivity index (χ1) is 6.20. The molecule has 0 atom stereocenters. The molecule has 0 radical (unpaired) electrons. The molecule has 5 heteroatoms. The van der Waals surface area contributed by atoms with Gasteiger partial charge in [-0.25, -0.2) is 4.79 Å². The van der Waals surface area contributed by atoms with E-state index in [0.29, 0.717) is 0 Å². The van der Waals surface area contributed by atoms with Gasteiger partial charge in [0, 0.05) is 12.0 Å². The summed E-state index contributed by atoms with van der Waals surface area (Å²) in [5, 5.41) is 0. The molecule has 0 aliphatic carbocycles. The highest BCUT2D eigenvalue weighted by atomic mass is 35.5. The SMILES string of the molecule is C=CC(=O)OCCOC(=O)CCCl. The Morgan fingerprint density at radius 3 is 2.46 bits per heavy atom. The Balaban J connectivity index is 3.30. The highest BCUT2D eigenvalue weighted by Gasteiger charge is 2.01. The van der Waals surface area contributed by atoms with E-state index in [0.717, 1.165) is 6.08 Å². The van der Waals surface area contributed by atoms with Crippen molar-refractivity contribution in [1.29, 1.82) is 0 Å². The molecular weight excluding hydrogens is 196 g/mol. The number of esters is 2. The van der Waals surface area contributed by atoms with Gasteiger partial charge in [-0.1, -0.05) is 6.58 Å². The Bertz CT molecular complexity index is 191. The van der Waals surface area contributed by atoms with Crippen LogP contribution in [0, 0.1) is 0 Å². The molecule has 0 aromatic rings. The monoisotopic (exact) mass is 206 g/mol. The second-order valence-corrected chi connectivity index (χ2v) is 2.41. The largest absolute Gasteiger partial charge is 0.462 e. The quantitative estimate of drug-likeness (QED) is 0.280. The van der Waals surface area contributed by atoms with Gasteiger partial charge in [0.2, 0.25) is 0 Å². The molecule has 0 saturated heterocycles. The average Bonchev–Trinajstić information content (AvgIpc) is 2.12. The lowest BCUT2D eigenvalue weighted by Crippen LogP contribution is -2.12. The Morgan fingerprint density at radius 2 is 1.92 bits per heavy atom. The van der Waals surface area contributed by atoms with E-state index in [4.69, 9.17) is 11.6 Å². The van der Waals surface area contributed by atoms with Gasteiger partial charge in [-0.05, 0) is 0 Å². The summed E-state index contributed by atoms with van der Waals surface area (Å²) in [5.41, 5.74) is 0. The zero-order valence-electron chi connectivity index (χ0n) is 7.12. The molecule has 13 heavy (non-hydrogen) atoms. The van der Waals surface area contributed by atoms with Crippen molar-refractivity contribution in [2.75, 3.05) is 19.1 Å². The van der Waals surface area contributed by atoms with Crippen LogP contribution in [0.4, 0.5) is 0 Å². The summed E-state index contributed by atoms with van der Waals surface area (Å²) in [4.78, 5) is 21.2. The van der Waals surface area contributed by atoms with Crippen LogP contribution in [0.1, 0.15) is 6.42 Å². The number of halogens is 1. The summed E-state index contributed by atoms with van der Waals surface area (Å²) >= 11 is 5.28. The number of hydrogen-bond donors (Lipinski definition) is 0. The molecule has 0 N–H and O–H groups in total. The minimum atomic E-state index is -0.534. The molecule has 0 saturated carbocycles. The molecule has 0 heterocycles. The molecule has 0 aromatic carbocycles. The molecule has 0 aliphatic rings. The Morgan fingerprint density at radius 1 is 1.31 bits per heavy atom. The number of rotatable bonds is 6. The summed E-state index contributed by atoms with van der Waals surface area (Å²) in [6.07, 6.45) is 1.21. The Hall–Kier alpha value is -1.03. The van der Waals surface area contributed by atoms with Crippen molar-refractivity contribution in [3.05, 3.63) is 12.7 Å². The second-order valence-electron chi connectivity index (χ2n) is 2.03. The van der Waals surface area contributed by atoms with Gasteiger partial charge in [0.15, 0.2) is 0 Å². The molecule has 0 fully saturated rings. The van der Waals surface area contributed by atoms with E-state index in [1.807, 2.05) is 0 Å². The maximum atomic E-state index is 10.7. The number of alkyl halides is 1. The molecular formula is C8H11ClO4. The topological polar surface area (TPSA) is 52.6 Å². The van der Waals surface area contributed by atoms with Crippen molar-refractivity contribution in [1.82, 2.24) is 0 Å². The fourth-order valence-electron chi connectivity index (χ4n) is 0.506. The number of hydrogen-bond acceptors (Lipinski definition) is 4. The predicted octanol–water partition coefficient (Wildman–Crippen LogP) is 0.888. The van der Waals surface area contributed by atoms with E-state index in [-0.39, 0.29) is 25.5 Å². The molecule has 0 unspecified atom stereocenters. The van der Waals surface area contributed by atoms with Gasteiger partial charge in [0.05, 0.1) is 6.42 Å². The van der Waals surface area contributed by atoms with E-state index >= 15 is 0 Å². The predicted molar refractivity (Wildman–Crippen MR) is 47.5 cm³/mol. The first-order valence-electron chi connectivity index (χ1n) is 3.71. The lowest BCUT2D eigenvalue weighted by molar-refractivity contribution is -0.149. The van der Waals surface area contributed by atoms with Crippen molar-refractivity contribution in [2.45, 2.75) is 6.42 Å². The van der Waals surface area contributed by atoms with E-state index in [9.17, 15) is 9.59 Å². The lowest BCUT2D eigenvalue weighted by Gasteiger charge is -2.03. The van der Waals surface area contributed by atoms with Crippen molar-refractivity contribution in [3.8, 4) is 0 Å². The van der Waals surface area contributed by atoms with E-state index in [2.05, 4.69) is 16.1 Å². The van der Waals surface area contributed by atoms with Crippen LogP contribution in [0.3, 0.4) is 0 Å². The molecule has 74 valence electrons. The number of ether oxygens (including phenoxy) is 2. The fraction of sp³-hybridized carbons (Fsp3) is 0.500. The fourth-order valence-corrected chi connectivity index (χ4v) is 0.660. The van der Waals surface area contributed by atoms with Crippen molar-refractivity contribution < 1.29 is 19.1 Å². The average molecular weight is 207 g/mol. The van der Waals surface area contributed by atoms with Crippen LogP contribution in [0.25, 0.3) is 0 Å². The van der Waals surface area contributed by atoms with E-state index in [1.54, 1.807) is 0 Å². The minimum absolute atomic E-state index is 0.0406. The third kappa shape index (κ3) is 7.33. The van der Waals surface area contributed by atoms with Gasteiger partial charge in [-0.3, -0.25) is 4.79 Å². The standard InChI is InChI=1S/C8H11ClO4/c1-2-7(10)12-5-6-13-8(11)3-4-9/h2H,1,3-6H2. The van der Waals surface area contributed by atoms with Crippen molar-refractivity contribution in [2.24, 2.45) is 0 Å². The molecule has 4 nitrogen and oxygen atoms in total. The maximum absolute atomic E-state index is 10.7. The summed E-state index contributed by atoms with van der Waals surface area (Å²) in [6, 6.07) is 0. The molecule has 0 rings (SSSR count). The minimum Gasteiger partial charge on any atom is -0.462 e. The molecule has 0 amide bonds. The first kappa shape index (κ1) is 12.0. The van der Waals surface area contributed by atoms with Gasteiger partial charge in [-0.2, -0.15) is 0 Å². The van der Waals surface area contributed by atoms with Gasteiger partial charge in [0.25, 0.3) is 0 Å². The maximum Gasteiger partial charge on any atom is 0.330 e. The number of carbonyl (C=O) groups excluding carboxylic acids is 2. The molecule has 0 aliphatic heterocycles. The molecule has 0 aromatic heterocycles. The zero-order chi connectivity index (χ0) is 10.1. The van der Waals surface area contributed by atoms with E-state index in [1.165, 1.54) is 0 Å². The molecule has 0 spiro atoms. The van der Waals surface area contributed by atoms with Crippen LogP contribution in [0.15, 0.2) is 12.7 Å². The molecule has 0 bridgehead atoms. The van der Waals surface area contributed by atoms with Crippen LogP contribution in [-0.4, -0.2) is 31.0 Å². The number of carbonyl (C=O) groups is 2. The van der Waals surface area contributed by atoms with Crippen LogP contribution < -0.4 is 0 Å².